The highest BCUT2D eigenvalue weighted by atomic mass is 16.4. The number of hydrogen-bond acceptors (Lipinski definition) is 3. The summed E-state index contributed by atoms with van der Waals surface area (Å²) in [6, 6.07) is 0. The van der Waals surface area contributed by atoms with E-state index < -0.39 is 29.3 Å². The summed E-state index contributed by atoms with van der Waals surface area (Å²) in [6.45, 7) is 0. The summed E-state index contributed by atoms with van der Waals surface area (Å²) < 4.78 is 0. The van der Waals surface area contributed by atoms with Crippen molar-refractivity contribution in [1.29, 1.82) is 0 Å². The molecule has 0 spiro atoms. The zero-order valence-corrected chi connectivity index (χ0v) is 11.2. The molecule has 0 amide bonds. The van der Waals surface area contributed by atoms with Crippen LogP contribution in [0.25, 0.3) is 0 Å². The number of aliphatic carboxylic acids is 2. The normalized spacial score (nSPS) is 36.9. The first-order chi connectivity index (χ1) is 8.97. The van der Waals surface area contributed by atoms with Gasteiger partial charge < -0.3 is 15.9 Å². The predicted molar refractivity (Wildman–Crippen MR) is 69.6 cm³/mol. The average Bonchev–Trinajstić information content (AvgIpc) is 2.39. The average molecular weight is 269 g/mol. The molecule has 2 fully saturated rings. The number of nitrogens with two attached hydrogens (primary N) is 1. The van der Waals surface area contributed by atoms with Crippen molar-refractivity contribution in [2.45, 2.75) is 56.9 Å². The molecule has 0 aromatic heterocycles. The second kappa shape index (κ2) is 5.49. The fraction of sp³-hybridized carbons (Fsp3) is 0.857. The highest BCUT2D eigenvalue weighted by Gasteiger charge is 2.53. The minimum absolute atomic E-state index is 0.149. The Morgan fingerprint density at radius 3 is 2.16 bits per heavy atom. The molecule has 2 aliphatic carbocycles. The molecular formula is C14H23NO4. The van der Waals surface area contributed by atoms with Gasteiger partial charge in [-0.1, -0.05) is 38.5 Å². The quantitative estimate of drug-likeness (QED) is 0.726. The minimum Gasteiger partial charge on any atom is -0.481 e. The van der Waals surface area contributed by atoms with Gasteiger partial charge in [0.1, 0.15) is 5.54 Å². The van der Waals surface area contributed by atoms with Crippen LogP contribution in [0, 0.1) is 17.8 Å². The lowest BCUT2D eigenvalue weighted by molar-refractivity contribution is -0.157. The largest absolute Gasteiger partial charge is 0.481 e. The number of carbonyl (C=O) groups is 2. The fourth-order valence-corrected chi connectivity index (χ4v) is 4.09. The van der Waals surface area contributed by atoms with Crippen LogP contribution >= 0.6 is 0 Å². The van der Waals surface area contributed by atoms with Crippen LogP contribution in [0.1, 0.15) is 51.4 Å². The molecule has 2 aliphatic rings. The SMILES string of the molecule is NC1(C(=O)O)CCC[C@H](C(=O)O)C1C1CCCCC1. The first-order valence-corrected chi connectivity index (χ1v) is 7.22. The number of carboxylic acid groups (broad SMARTS) is 2. The van der Waals surface area contributed by atoms with Gasteiger partial charge in [0.05, 0.1) is 5.92 Å². The van der Waals surface area contributed by atoms with Gasteiger partial charge in [-0.15, -0.1) is 0 Å². The van der Waals surface area contributed by atoms with Crippen LogP contribution in [0.3, 0.4) is 0 Å². The molecule has 108 valence electrons. The van der Waals surface area contributed by atoms with E-state index in [1.807, 2.05) is 0 Å². The van der Waals surface area contributed by atoms with Crippen molar-refractivity contribution in [1.82, 2.24) is 0 Å². The summed E-state index contributed by atoms with van der Waals surface area (Å²) >= 11 is 0. The summed E-state index contributed by atoms with van der Waals surface area (Å²) in [6.07, 6.45) is 6.65. The Morgan fingerprint density at radius 1 is 1.00 bits per heavy atom. The molecule has 0 aliphatic heterocycles. The second-order valence-electron chi connectivity index (χ2n) is 6.11. The van der Waals surface area contributed by atoms with Crippen molar-refractivity contribution in [3.63, 3.8) is 0 Å². The van der Waals surface area contributed by atoms with Gasteiger partial charge in [-0.2, -0.15) is 0 Å². The van der Waals surface area contributed by atoms with Gasteiger partial charge in [0.25, 0.3) is 0 Å². The summed E-state index contributed by atoms with van der Waals surface area (Å²) in [4.78, 5) is 23.0. The third kappa shape index (κ3) is 2.61. The van der Waals surface area contributed by atoms with Crippen LogP contribution in [0.15, 0.2) is 0 Å². The molecule has 0 radical (unpaired) electrons. The molecule has 0 bridgehead atoms. The van der Waals surface area contributed by atoms with E-state index in [0.29, 0.717) is 19.3 Å². The van der Waals surface area contributed by atoms with Crippen LogP contribution in [0.4, 0.5) is 0 Å². The van der Waals surface area contributed by atoms with Crippen LogP contribution in [-0.4, -0.2) is 27.7 Å². The number of hydrogen-bond donors (Lipinski definition) is 3. The molecule has 0 aromatic rings. The lowest BCUT2D eigenvalue weighted by Gasteiger charge is -2.46. The van der Waals surface area contributed by atoms with Gasteiger partial charge in [0.2, 0.25) is 0 Å². The Bertz CT molecular complexity index is 364. The third-order valence-corrected chi connectivity index (χ3v) is 5.01. The molecular weight excluding hydrogens is 246 g/mol. The van der Waals surface area contributed by atoms with Crippen LogP contribution < -0.4 is 5.73 Å². The zero-order chi connectivity index (χ0) is 14.0. The number of rotatable bonds is 3. The first-order valence-electron chi connectivity index (χ1n) is 7.22. The summed E-state index contributed by atoms with van der Waals surface area (Å²) in [5, 5.41) is 18.9. The van der Waals surface area contributed by atoms with E-state index in [2.05, 4.69) is 0 Å². The zero-order valence-electron chi connectivity index (χ0n) is 11.2. The van der Waals surface area contributed by atoms with E-state index in [1.54, 1.807) is 0 Å². The van der Waals surface area contributed by atoms with E-state index in [4.69, 9.17) is 5.73 Å². The minimum atomic E-state index is -1.36. The fourth-order valence-electron chi connectivity index (χ4n) is 4.09. The Hall–Kier alpha value is -1.10. The molecule has 0 saturated heterocycles. The Balaban J connectivity index is 2.31. The van der Waals surface area contributed by atoms with E-state index in [-0.39, 0.29) is 5.92 Å². The van der Waals surface area contributed by atoms with Gasteiger partial charge in [-0.3, -0.25) is 9.59 Å². The molecule has 2 saturated carbocycles. The van der Waals surface area contributed by atoms with Crippen LogP contribution in [0.2, 0.25) is 0 Å². The van der Waals surface area contributed by atoms with Crippen molar-refractivity contribution in [3.8, 4) is 0 Å². The maximum absolute atomic E-state index is 11.6. The first kappa shape index (κ1) is 14.3. The smallest absolute Gasteiger partial charge is 0.324 e. The maximum Gasteiger partial charge on any atom is 0.324 e. The standard InChI is InChI=1S/C14H23NO4/c15-14(13(18)19)8-4-7-10(12(16)17)11(14)9-5-2-1-3-6-9/h9-11H,1-8,15H2,(H,16,17)(H,18,19)/t10-,11?,14?/m0/s1. The number of carboxylic acids is 2. The van der Waals surface area contributed by atoms with Crippen molar-refractivity contribution in [2.24, 2.45) is 23.5 Å². The van der Waals surface area contributed by atoms with E-state index >= 15 is 0 Å². The lowest BCUT2D eigenvalue weighted by atomic mass is 9.59. The van der Waals surface area contributed by atoms with E-state index in [9.17, 15) is 19.8 Å². The van der Waals surface area contributed by atoms with Crippen molar-refractivity contribution >= 4 is 11.9 Å². The molecule has 2 unspecified atom stereocenters. The van der Waals surface area contributed by atoms with Crippen LogP contribution in [-0.2, 0) is 9.59 Å². The van der Waals surface area contributed by atoms with Crippen molar-refractivity contribution < 1.29 is 19.8 Å². The lowest BCUT2D eigenvalue weighted by Crippen LogP contribution is -2.61. The van der Waals surface area contributed by atoms with Gasteiger partial charge in [-0.25, -0.2) is 0 Å². The predicted octanol–water partition coefficient (Wildman–Crippen LogP) is 1.85. The molecule has 5 nitrogen and oxygen atoms in total. The van der Waals surface area contributed by atoms with E-state index in [0.717, 1.165) is 32.1 Å². The Morgan fingerprint density at radius 2 is 1.63 bits per heavy atom. The summed E-state index contributed by atoms with van der Waals surface area (Å²) in [5.41, 5.74) is 4.78. The third-order valence-electron chi connectivity index (χ3n) is 5.01. The maximum atomic E-state index is 11.6. The molecule has 4 N–H and O–H groups in total. The molecule has 5 heteroatoms. The molecule has 3 atom stereocenters. The summed E-state index contributed by atoms with van der Waals surface area (Å²) in [5.74, 6) is -2.79. The van der Waals surface area contributed by atoms with Gasteiger partial charge in [0.15, 0.2) is 0 Å². The second-order valence-corrected chi connectivity index (χ2v) is 6.11. The molecule has 0 aromatic carbocycles. The molecule has 19 heavy (non-hydrogen) atoms. The van der Waals surface area contributed by atoms with Crippen LogP contribution in [0.5, 0.6) is 0 Å². The topological polar surface area (TPSA) is 101 Å². The van der Waals surface area contributed by atoms with Gasteiger partial charge in [0, 0.05) is 5.92 Å². The van der Waals surface area contributed by atoms with Gasteiger partial charge >= 0.3 is 11.9 Å². The highest BCUT2D eigenvalue weighted by Crippen LogP contribution is 2.46. The van der Waals surface area contributed by atoms with Gasteiger partial charge in [-0.05, 0) is 18.8 Å². The van der Waals surface area contributed by atoms with Crippen molar-refractivity contribution in [2.75, 3.05) is 0 Å². The highest BCUT2D eigenvalue weighted by molar-refractivity contribution is 5.81. The molecule has 2 rings (SSSR count). The Labute approximate surface area is 113 Å². The van der Waals surface area contributed by atoms with E-state index in [1.165, 1.54) is 0 Å². The summed E-state index contributed by atoms with van der Waals surface area (Å²) in [7, 11) is 0. The Kier molecular flexibility index (Phi) is 4.13. The van der Waals surface area contributed by atoms with Crippen molar-refractivity contribution in [3.05, 3.63) is 0 Å². The molecule has 0 heterocycles. The monoisotopic (exact) mass is 269 g/mol.